The van der Waals surface area contributed by atoms with Crippen LogP contribution in [-0.4, -0.2) is 5.78 Å². The molecule has 8 aliphatic rings. The highest BCUT2D eigenvalue weighted by Crippen LogP contribution is 2.59. The molecule has 12 rings (SSSR count). The van der Waals surface area contributed by atoms with Crippen molar-refractivity contribution >= 4 is 62.9 Å². The number of Topliss-reactive ketones (excluding diaryl/α,β-unsaturated/α-hetero) is 1. The van der Waals surface area contributed by atoms with Crippen molar-refractivity contribution in [1.82, 2.24) is 0 Å². The first-order chi connectivity index (χ1) is 33.4. The standard InChI is InChI=1S/C56H36F4N4O3S2/c57-44-15-30-11-31(50(32(24-61)25-62)36(30)21-45(44)58)12-34-19-42-53(68-34)39-13-28-17-49-40(14-29(28)16-48(39)66-55(42)7-3-1-4-8-55)54-43(56(67-49)9-5-2-6-10-56)20-35(69-54)18-41-51(33(26-63)27-64)37-22-46(59)47(60)23-38(37)52(41)65/h12-23,28-29H,1-11H2/b31-12+,41-18-. The first-order valence-electron chi connectivity index (χ1n) is 23.0. The van der Waals surface area contributed by atoms with Gasteiger partial charge < -0.3 is 9.47 Å². The van der Waals surface area contributed by atoms with Crippen LogP contribution in [0.3, 0.4) is 0 Å². The number of carbonyl (C=O) groups is 1. The number of ether oxygens (including phenoxy) is 2. The predicted molar refractivity (Wildman–Crippen MR) is 252 cm³/mol. The van der Waals surface area contributed by atoms with Gasteiger partial charge in [-0.3, -0.25) is 4.79 Å². The number of hydrogen-bond donors (Lipinski definition) is 0. The molecule has 0 saturated heterocycles. The van der Waals surface area contributed by atoms with Crippen LogP contribution in [0.4, 0.5) is 17.6 Å². The van der Waals surface area contributed by atoms with Crippen LogP contribution < -0.4 is 0 Å². The van der Waals surface area contributed by atoms with Gasteiger partial charge in [0.1, 0.15) is 58.1 Å². The lowest BCUT2D eigenvalue weighted by Crippen LogP contribution is -2.37. The highest BCUT2D eigenvalue weighted by Gasteiger charge is 2.49. The average Bonchev–Trinajstić information content (AvgIpc) is 4.12. The van der Waals surface area contributed by atoms with Crippen molar-refractivity contribution in [3.05, 3.63) is 171 Å². The molecule has 2 saturated carbocycles. The van der Waals surface area contributed by atoms with Gasteiger partial charge in [0.05, 0.1) is 0 Å². The predicted octanol–water partition coefficient (Wildman–Crippen LogP) is 13.8. The smallest absolute Gasteiger partial charge is 0.194 e. The zero-order valence-electron chi connectivity index (χ0n) is 36.7. The fraction of sp³-hybridized carbons (Fsp3) is 0.268. The van der Waals surface area contributed by atoms with E-state index >= 15 is 0 Å². The summed E-state index contributed by atoms with van der Waals surface area (Å²) in [4.78, 5) is 17.6. The fourth-order valence-corrected chi connectivity index (χ4v) is 14.4. The van der Waals surface area contributed by atoms with Gasteiger partial charge >= 0.3 is 0 Å². The minimum Gasteiger partial charge on any atom is -0.482 e. The van der Waals surface area contributed by atoms with Gasteiger partial charge in [0.15, 0.2) is 29.1 Å². The zero-order valence-corrected chi connectivity index (χ0v) is 38.3. The first kappa shape index (κ1) is 43.0. The fourth-order valence-electron chi connectivity index (χ4n) is 11.9. The number of halogens is 4. The van der Waals surface area contributed by atoms with Crippen LogP contribution >= 0.6 is 22.7 Å². The second-order valence-corrected chi connectivity index (χ2v) is 21.1. The Balaban J connectivity index is 0.953. The largest absolute Gasteiger partial charge is 0.482 e. The van der Waals surface area contributed by atoms with E-state index in [4.69, 9.17) is 9.47 Å². The van der Waals surface area contributed by atoms with Crippen LogP contribution in [0, 0.1) is 80.4 Å². The van der Waals surface area contributed by atoms with E-state index in [1.54, 1.807) is 17.4 Å². The summed E-state index contributed by atoms with van der Waals surface area (Å²) in [6.45, 7) is 0. The average molecular weight is 953 g/mol. The number of hydrogen-bond acceptors (Lipinski definition) is 9. The molecular formula is C56H36F4N4O3S2. The van der Waals surface area contributed by atoms with Gasteiger partial charge in [-0.25, -0.2) is 17.6 Å². The molecule has 0 N–H and O–H groups in total. The summed E-state index contributed by atoms with van der Waals surface area (Å²) in [6.07, 6.45) is 22.0. The number of fused-ring (bicyclic) bond motifs is 11. The van der Waals surface area contributed by atoms with Gasteiger partial charge in [0.25, 0.3) is 0 Å². The van der Waals surface area contributed by atoms with Crippen molar-refractivity contribution in [2.75, 3.05) is 0 Å². The second kappa shape index (κ2) is 15.9. The number of carbonyl (C=O) groups excluding carboxylic acids is 1. The van der Waals surface area contributed by atoms with Gasteiger partial charge in [-0.05, 0) is 141 Å². The van der Waals surface area contributed by atoms with Gasteiger partial charge in [0, 0.05) is 75.9 Å². The molecule has 2 unspecified atom stereocenters. The molecule has 0 bridgehead atoms. The van der Waals surface area contributed by atoms with Crippen molar-refractivity contribution in [2.45, 2.75) is 81.8 Å². The van der Waals surface area contributed by atoms with Crippen molar-refractivity contribution in [3.8, 4) is 24.3 Å². The summed E-state index contributed by atoms with van der Waals surface area (Å²) in [5, 5.41) is 39.8. The van der Waals surface area contributed by atoms with Crippen LogP contribution in [-0.2, 0) is 27.1 Å². The maximum Gasteiger partial charge on any atom is 0.194 e. The monoisotopic (exact) mass is 952 g/mol. The molecule has 2 aromatic heterocycles. The Morgan fingerprint density at radius 2 is 1.04 bits per heavy atom. The maximum atomic E-state index is 14.6. The molecule has 4 heterocycles. The molecule has 2 aliphatic heterocycles. The summed E-state index contributed by atoms with van der Waals surface area (Å²) in [7, 11) is 0. The highest BCUT2D eigenvalue weighted by molar-refractivity contribution is 7.14. The number of thiophene rings is 2. The molecular weight excluding hydrogens is 917 g/mol. The summed E-state index contributed by atoms with van der Waals surface area (Å²) in [5.74, 6) is -3.64. The number of allylic oxidation sites excluding steroid dienone is 12. The third kappa shape index (κ3) is 6.55. The summed E-state index contributed by atoms with van der Waals surface area (Å²) in [5.41, 5.74) is 3.99. The lowest BCUT2D eigenvalue weighted by Gasteiger charge is -2.46. The molecule has 0 radical (unpaired) electrons. The molecule has 4 aromatic rings. The Morgan fingerprint density at radius 1 is 0.580 bits per heavy atom. The Kier molecular flexibility index (Phi) is 9.91. The van der Waals surface area contributed by atoms with Crippen molar-refractivity contribution in [2.24, 2.45) is 11.8 Å². The molecule has 2 fully saturated rings. The van der Waals surface area contributed by atoms with E-state index in [9.17, 15) is 43.4 Å². The van der Waals surface area contributed by atoms with Crippen LogP contribution in [0.2, 0.25) is 0 Å². The lowest BCUT2D eigenvalue weighted by atomic mass is 9.72. The zero-order chi connectivity index (χ0) is 47.5. The minimum absolute atomic E-state index is 0.00927. The summed E-state index contributed by atoms with van der Waals surface area (Å²) in [6, 6.07) is 15.7. The summed E-state index contributed by atoms with van der Waals surface area (Å²) < 4.78 is 72.5. The number of nitriles is 4. The Hall–Kier alpha value is -7.29. The first-order valence-corrected chi connectivity index (χ1v) is 24.7. The van der Waals surface area contributed by atoms with Crippen molar-refractivity contribution in [1.29, 1.82) is 21.0 Å². The number of ketones is 1. The van der Waals surface area contributed by atoms with Crippen molar-refractivity contribution in [3.63, 3.8) is 0 Å². The quantitative estimate of drug-likeness (QED) is 0.111. The van der Waals surface area contributed by atoms with Crippen molar-refractivity contribution < 1.29 is 31.8 Å². The Bertz CT molecular complexity index is 3480. The van der Waals surface area contributed by atoms with E-state index in [0.717, 1.165) is 137 Å². The van der Waals surface area contributed by atoms with E-state index in [0.29, 0.717) is 27.2 Å². The molecule has 0 amide bonds. The van der Waals surface area contributed by atoms with E-state index < -0.39 is 40.3 Å². The molecule has 338 valence electrons. The molecule has 2 aromatic carbocycles. The number of nitrogens with zero attached hydrogens (tertiary/aromatic N) is 4. The normalized spacial score (nSPS) is 22.9. The molecule has 69 heavy (non-hydrogen) atoms. The second-order valence-electron chi connectivity index (χ2n) is 18.9. The Labute approximate surface area is 402 Å². The lowest BCUT2D eigenvalue weighted by molar-refractivity contribution is -0.0339. The van der Waals surface area contributed by atoms with E-state index in [2.05, 4.69) is 30.4 Å². The van der Waals surface area contributed by atoms with E-state index in [1.165, 1.54) is 11.3 Å². The molecule has 6 aliphatic carbocycles. The van der Waals surface area contributed by atoms with Gasteiger partial charge in [-0.2, -0.15) is 21.0 Å². The molecule has 7 nitrogen and oxygen atoms in total. The highest BCUT2D eigenvalue weighted by atomic mass is 32.1. The summed E-state index contributed by atoms with van der Waals surface area (Å²) >= 11 is 3.08. The third-order valence-corrected chi connectivity index (χ3v) is 17.3. The SMILES string of the molecule is N#CC(C#N)=C1/C(=C/c2cc3c(s2)C2=CC4C=C5OC6(CCCCC6)c6cc(/C=C7\C(=O)c8cc(F)c(F)cc8C7=C(C#N)C#N)sc6C5=CC4C=C2OC32CCCCC2)Cc2cc(F)c(F)cc21. The van der Waals surface area contributed by atoms with Crippen LogP contribution in [0.1, 0.15) is 122 Å². The van der Waals surface area contributed by atoms with Crippen LogP contribution in [0.25, 0.3) is 34.4 Å². The minimum atomic E-state index is -1.20. The Morgan fingerprint density at radius 3 is 1.57 bits per heavy atom. The van der Waals surface area contributed by atoms with Gasteiger partial charge in [-0.15, -0.1) is 22.7 Å². The van der Waals surface area contributed by atoms with Gasteiger partial charge in [-0.1, -0.05) is 25.0 Å². The number of benzene rings is 2. The third-order valence-electron chi connectivity index (χ3n) is 15.0. The topological polar surface area (TPSA) is 131 Å². The van der Waals surface area contributed by atoms with E-state index in [-0.39, 0.29) is 51.7 Å². The van der Waals surface area contributed by atoms with E-state index in [1.807, 2.05) is 36.4 Å². The molecule has 13 heteroatoms. The molecule has 2 spiro atoms. The molecule has 2 atom stereocenters. The van der Waals surface area contributed by atoms with Crippen LogP contribution in [0.5, 0.6) is 0 Å². The van der Waals surface area contributed by atoms with Crippen LogP contribution in [0.15, 0.2) is 94.5 Å². The number of rotatable bonds is 2. The van der Waals surface area contributed by atoms with Gasteiger partial charge in [0.2, 0.25) is 0 Å². The maximum absolute atomic E-state index is 14.6.